The molecule has 2 rings (SSSR count). The second kappa shape index (κ2) is 4.69. The molecule has 0 spiro atoms. The van der Waals surface area contributed by atoms with Crippen molar-refractivity contribution in [3.8, 4) is 0 Å². The number of carboxylic acid groups (broad SMARTS) is 1. The van der Waals surface area contributed by atoms with E-state index in [4.69, 9.17) is 14.0 Å². The van der Waals surface area contributed by atoms with Crippen molar-refractivity contribution in [3.63, 3.8) is 0 Å². The van der Waals surface area contributed by atoms with Crippen LogP contribution in [0.1, 0.15) is 22.3 Å². The van der Waals surface area contributed by atoms with Crippen LogP contribution in [0.15, 0.2) is 21.1 Å². The maximum Gasteiger partial charge on any atom is 0.371 e. The molecular weight excluding hydrogens is 226 g/mol. The number of aromatic carboxylic acids is 1. The van der Waals surface area contributed by atoms with Crippen molar-refractivity contribution in [1.82, 2.24) is 10.1 Å². The third-order valence-corrected chi connectivity index (χ3v) is 2.03. The van der Waals surface area contributed by atoms with Gasteiger partial charge in [-0.1, -0.05) is 5.16 Å². The van der Waals surface area contributed by atoms with Crippen molar-refractivity contribution in [2.45, 2.75) is 13.3 Å². The molecule has 0 radical (unpaired) electrons. The number of aromatic nitrogens is 2. The molecule has 0 unspecified atom stereocenters. The predicted molar refractivity (Wildman–Crippen MR) is 56.9 cm³/mol. The topological polar surface area (TPSA) is 101 Å². The molecule has 0 saturated carbocycles. The van der Waals surface area contributed by atoms with Crippen LogP contribution in [0.4, 0.5) is 5.88 Å². The van der Waals surface area contributed by atoms with Crippen LogP contribution in [0.25, 0.3) is 0 Å². The molecule has 0 aliphatic carbocycles. The quantitative estimate of drug-likeness (QED) is 0.808. The van der Waals surface area contributed by atoms with Gasteiger partial charge < -0.3 is 19.4 Å². The van der Waals surface area contributed by atoms with Gasteiger partial charge in [-0.3, -0.25) is 0 Å². The molecule has 90 valence electrons. The number of hydrogen-bond donors (Lipinski definition) is 2. The molecule has 0 atom stereocenters. The third-order valence-electron chi connectivity index (χ3n) is 2.03. The smallest absolute Gasteiger partial charge is 0.371 e. The van der Waals surface area contributed by atoms with Gasteiger partial charge in [0.15, 0.2) is 11.7 Å². The Hall–Kier alpha value is -2.31. The maximum atomic E-state index is 10.6. The first-order valence-electron chi connectivity index (χ1n) is 5.01. The number of hydrogen-bond acceptors (Lipinski definition) is 6. The Kier molecular flexibility index (Phi) is 3.08. The minimum Gasteiger partial charge on any atom is -0.475 e. The van der Waals surface area contributed by atoms with Crippen LogP contribution in [0.3, 0.4) is 0 Å². The fourth-order valence-electron chi connectivity index (χ4n) is 1.29. The first-order chi connectivity index (χ1) is 8.15. The molecule has 2 heterocycles. The van der Waals surface area contributed by atoms with Crippen LogP contribution in [0, 0.1) is 6.92 Å². The van der Waals surface area contributed by atoms with E-state index in [0.29, 0.717) is 30.6 Å². The second-order valence-electron chi connectivity index (χ2n) is 3.38. The summed E-state index contributed by atoms with van der Waals surface area (Å²) in [7, 11) is 0. The number of carbonyl (C=O) groups is 1. The van der Waals surface area contributed by atoms with Gasteiger partial charge in [-0.2, -0.15) is 4.98 Å². The van der Waals surface area contributed by atoms with Crippen molar-refractivity contribution >= 4 is 11.9 Å². The summed E-state index contributed by atoms with van der Waals surface area (Å²) >= 11 is 0. The van der Waals surface area contributed by atoms with Crippen molar-refractivity contribution in [1.29, 1.82) is 0 Å². The van der Waals surface area contributed by atoms with Gasteiger partial charge in [-0.15, -0.1) is 0 Å². The first-order valence-corrected chi connectivity index (χ1v) is 5.01. The van der Waals surface area contributed by atoms with E-state index in [1.54, 1.807) is 13.0 Å². The predicted octanol–water partition coefficient (Wildman–Crippen LogP) is 1.32. The zero-order valence-corrected chi connectivity index (χ0v) is 9.14. The van der Waals surface area contributed by atoms with Gasteiger partial charge >= 0.3 is 5.97 Å². The molecule has 0 amide bonds. The lowest BCUT2D eigenvalue weighted by Crippen LogP contribution is -2.05. The normalized spacial score (nSPS) is 10.4. The molecule has 0 aliphatic rings. The van der Waals surface area contributed by atoms with Crippen LogP contribution in [0.2, 0.25) is 0 Å². The van der Waals surface area contributed by atoms with Crippen molar-refractivity contribution < 1.29 is 18.8 Å². The number of nitrogens with one attached hydrogen (secondary N) is 1. The summed E-state index contributed by atoms with van der Waals surface area (Å²) in [6, 6.07) is 2.95. The van der Waals surface area contributed by atoms with Crippen LogP contribution in [0.5, 0.6) is 0 Å². The molecule has 0 aromatic carbocycles. The molecule has 17 heavy (non-hydrogen) atoms. The highest BCUT2D eigenvalue weighted by Gasteiger charge is 2.08. The summed E-state index contributed by atoms with van der Waals surface area (Å²) in [6.07, 6.45) is 0.570. The Morgan fingerprint density at radius 3 is 2.94 bits per heavy atom. The van der Waals surface area contributed by atoms with Gasteiger partial charge in [0.25, 0.3) is 0 Å². The summed E-state index contributed by atoms with van der Waals surface area (Å²) in [5, 5.41) is 15.3. The molecule has 7 nitrogen and oxygen atoms in total. The SMILES string of the molecule is Cc1nc(CCNc2ccc(C(=O)O)o2)no1. The molecule has 0 aliphatic heterocycles. The highest BCUT2D eigenvalue weighted by atomic mass is 16.5. The Morgan fingerprint density at radius 1 is 1.53 bits per heavy atom. The van der Waals surface area contributed by atoms with E-state index in [9.17, 15) is 4.79 Å². The zero-order chi connectivity index (χ0) is 12.3. The average Bonchev–Trinajstić information content (AvgIpc) is 2.88. The monoisotopic (exact) mass is 237 g/mol. The molecule has 7 heteroatoms. The summed E-state index contributed by atoms with van der Waals surface area (Å²) in [5.74, 6) is 0.337. The molecule has 2 aromatic heterocycles. The highest BCUT2D eigenvalue weighted by Crippen LogP contribution is 2.12. The molecule has 2 aromatic rings. The fraction of sp³-hybridized carbons (Fsp3) is 0.300. The number of rotatable bonds is 5. The zero-order valence-electron chi connectivity index (χ0n) is 9.14. The lowest BCUT2D eigenvalue weighted by Gasteiger charge is -1.98. The fourth-order valence-corrected chi connectivity index (χ4v) is 1.29. The van der Waals surface area contributed by atoms with E-state index < -0.39 is 5.97 Å². The van der Waals surface area contributed by atoms with Gasteiger partial charge in [0.05, 0.1) is 0 Å². The number of furan rings is 1. The average molecular weight is 237 g/mol. The summed E-state index contributed by atoms with van der Waals surface area (Å²) in [6.45, 7) is 2.25. The number of aryl methyl sites for hydroxylation is 1. The van der Waals surface area contributed by atoms with E-state index in [-0.39, 0.29) is 5.76 Å². The Bertz CT molecular complexity index is 517. The van der Waals surface area contributed by atoms with E-state index >= 15 is 0 Å². The summed E-state index contributed by atoms with van der Waals surface area (Å²) in [5.41, 5.74) is 0. The van der Waals surface area contributed by atoms with Crippen LogP contribution >= 0.6 is 0 Å². The lowest BCUT2D eigenvalue weighted by atomic mass is 10.4. The summed E-state index contributed by atoms with van der Waals surface area (Å²) < 4.78 is 9.83. The minimum atomic E-state index is -1.09. The molecule has 0 fully saturated rings. The Morgan fingerprint density at radius 2 is 2.35 bits per heavy atom. The van der Waals surface area contributed by atoms with Gasteiger partial charge in [0.1, 0.15) is 0 Å². The number of anilines is 1. The van der Waals surface area contributed by atoms with Crippen LogP contribution in [-0.4, -0.2) is 27.8 Å². The van der Waals surface area contributed by atoms with Gasteiger partial charge in [-0.25, -0.2) is 4.79 Å². The molecule has 2 N–H and O–H groups in total. The van der Waals surface area contributed by atoms with Crippen LogP contribution in [-0.2, 0) is 6.42 Å². The molecular formula is C10H11N3O4. The van der Waals surface area contributed by atoms with Gasteiger partial charge in [0.2, 0.25) is 11.7 Å². The van der Waals surface area contributed by atoms with Crippen molar-refractivity contribution in [2.75, 3.05) is 11.9 Å². The largest absolute Gasteiger partial charge is 0.475 e. The van der Waals surface area contributed by atoms with E-state index in [1.807, 2.05) is 0 Å². The number of nitrogens with zero attached hydrogens (tertiary/aromatic N) is 2. The van der Waals surface area contributed by atoms with E-state index in [1.165, 1.54) is 6.07 Å². The van der Waals surface area contributed by atoms with E-state index in [0.717, 1.165) is 0 Å². The first kappa shape index (κ1) is 11.2. The standard InChI is InChI=1S/C10H11N3O4/c1-6-12-8(13-17-6)4-5-11-9-3-2-7(16-9)10(14)15/h2-3,11H,4-5H2,1H3,(H,14,15). The number of carboxylic acids is 1. The Balaban J connectivity index is 1.83. The lowest BCUT2D eigenvalue weighted by molar-refractivity contribution is 0.0663. The van der Waals surface area contributed by atoms with Gasteiger partial charge in [0, 0.05) is 26.0 Å². The van der Waals surface area contributed by atoms with Crippen LogP contribution < -0.4 is 5.32 Å². The molecule has 0 bridgehead atoms. The van der Waals surface area contributed by atoms with E-state index in [2.05, 4.69) is 15.5 Å². The highest BCUT2D eigenvalue weighted by molar-refractivity contribution is 5.84. The van der Waals surface area contributed by atoms with Crippen molar-refractivity contribution in [3.05, 3.63) is 29.6 Å². The minimum absolute atomic E-state index is 0.0945. The molecule has 0 saturated heterocycles. The van der Waals surface area contributed by atoms with Gasteiger partial charge in [-0.05, 0) is 6.07 Å². The second-order valence-corrected chi connectivity index (χ2v) is 3.38. The van der Waals surface area contributed by atoms with Crippen molar-refractivity contribution in [2.24, 2.45) is 0 Å². The maximum absolute atomic E-state index is 10.6. The summed E-state index contributed by atoms with van der Waals surface area (Å²) in [4.78, 5) is 14.6. The Labute approximate surface area is 96.4 Å². The third kappa shape index (κ3) is 2.83.